The minimum Gasteiger partial charge on any atom is -0.493 e. The Morgan fingerprint density at radius 3 is 2.81 bits per heavy atom. The van der Waals surface area contributed by atoms with Crippen LogP contribution >= 0.6 is 0 Å². The van der Waals surface area contributed by atoms with Gasteiger partial charge in [0.2, 0.25) is 0 Å². The van der Waals surface area contributed by atoms with E-state index >= 15 is 0 Å². The van der Waals surface area contributed by atoms with Crippen molar-refractivity contribution in [3.63, 3.8) is 0 Å². The first kappa shape index (κ1) is 14.8. The van der Waals surface area contributed by atoms with Crippen LogP contribution in [0.25, 0.3) is 5.65 Å². The third-order valence-corrected chi connectivity index (χ3v) is 3.01. The van der Waals surface area contributed by atoms with Gasteiger partial charge in [-0.2, -0.15) is 0 Å². The summed E-state index contributed by atoms with van der Waals surface area (Å²) in [6.45, 7) is 0.941. The third-order valence-electron chi connectivity index (χ3n) is 3.01. The van der Waals surface area contributed by atoms with Gasteiger partial charge < -0.3 is 20.3 Å². The average molecular weight is 293 g/mol. The lowest BCUT2D eigenvalue weighted by atomic mass is 10.2. The molecule has 2 aromatic heterocycles. The van der Waals surface area contributed by atoms with Crippen LogP contribution in [0.2, 0.25) is 0 Å². The summed E-state index contributed by atoms with van der Waals surface area (Å²) in [5, 5.41) is 20.1. The number of nitrogens with one attached hydrogen (secondary N) is 1. The number of pyridine rings is 1. The van der Waals surface area contributed by atoms with E-state index in [0.29, 0.717) is 17.1 Å². The van der Waals surface area contributed by atoms with Gasteiger partial charge >= 0.3 is 5.97 Å². The quantitative estimate of drug-likeness (QED) is 0.705. The van der Waals surface area contributed by atoms with Gasteiger partial charge in [-0.15, -0.1) is 0 Å². The fourth-order valence-electron chi connectivity index (χ4n) is 2.00. The molecule has 0 saturated carbocycles. The highest BCUT2D eigenvalue weighted by Gasteiger charge is 2.24. The number of aliphatic hydroxyl groups excluding tert-OH is 1. The topological polar surface area (TPSA) is 113 Å². The number of carbonyl (C=O) groups excluding carboxylic acids is 1. The number of aliphatic carboxylic acids is 1. The minimum absolute atomic E-state index is 0.198. The molecule has 2 aromatic rings. The van der Waals surface area contributed by atoms with Crippen LogP contribution in [0.1, 0.15) is 16.2 Å². The Morgan fingerprint density at radius 2 is 2.24 bits per heavy atom. The summed E-state index contributed by atoms with van der Waals surface area (Å²) in [5.41, 5.74) is 1.08. The van der Waals surface area contributed by atoms with Crippen molar-refractivity contribution in [2.75, 3.05) is 13.7 Å². The molecule has 2 heterocycles. The molecule has 1 amide bonds. The highest BCUT2D eigenvalue weighted by Crippen LogP contribution is 2.21. The smallest absolute Gasteiger partial charge is 0.328 e. The van der Waals surface area contributed by atoms with Gasteiger partial charge in [-0.3, -0.25) is 9.20 Å². The van der Waals surface area contributed by atoms with E-state index in [4.69, 9.17) is 14.9 Å². The SMILES string of the molecule is COc1cccn2c(C(=O)NC(CO)C(=O)O)c(C)nc12. The van der Waals surface area contributed by atoms with Crippen LogP contribution in [0.3, 0.4) is 0 Å². The highest BCUT2D eigenvalue weighted by atomic mass is 16.5. The third kappa shape index (κ3) is 2.65. The van der Waals surface area contributed by atoms with E-state index in [9.17, 15) is 9.59 Å². The van der Waals surface area contributed by atoms with Crippen LogP contribution in [0.5, 0.6) is 5.75 Å². The van der Waals surface area contributed by atoms with Crippen LogP contribution in [0.4, 0.5) is 0 Å². The van der Waals surface area contributed by atoms with Gasteiger partial charge in [-0.1, -0.05) is 0 Å². The molecule has 1 atom stereocenters. The molecule has 21 heavy (non-hydrogen) atoms. The Balaban J connectivity index is 2.44. The van der Waals surface area contributed by atoms with Gasteiger partial charge in [-0.05, 0) is 19.1 Å². The predicted molar refractivity (Wildman–Crippen MR) is 72.5 cm³/mol. The number of aromatic nitrogens is 2. The molecule has 0 bridgehead atoms. The first-order valence-corrected chi connectivity index (χ1v) is 6.15. The molecule has 0 aliphatic rings. The number of aryl methyl sites for hydroxylation is 1. The number of carboxylic acids is 1. The first-order valence-electron chi connectivity index (χ1n) is 6.15. The Labute approximate surface area is 120 Å². The van der Waals surface area contributed by atoms with Crippen molar-refractivity contribution in [2.45, 2.75) is 13.0 Å². The van der Waals surface area contributed by atoms with Crippen LogP contribution in [-0.4, -0.2) is 51.2 Å². The van der Waals surface area contributed by atoms with E-state index in [1.54, 1.807) is 25.3 Å². The Morgan fingerprint density at radius 1 is 1.52 bits per heavy atom. The molecule has 0 aliphatic carbocycles. The number of fused-ring (bicyclic) bond motifs is 1. The summed E-state index contributed by atoms with van der Waals surface area (Å²) < 4.78 is 6.68. The highest BCUT2D eigenvalue weighted by molar-refractivity contribution is 5.97. The van der Waals surface area contributed by atoms with E-state index in [2.05, 4.69) is 10.3 Å². The number of imidazole rings is 1. The largest absolute Gasteiger partial charge is 0.493 e. The Kier molecular flexibility index (Phi) is 4.08. The number of rotatable bonds is 5. The summed E-state index contributed by atoms with van der Waals surface area (Å²) in [6, 6.07) is 2.02. The van der Waals surface area contributed by atoms with Crippen LogP contribution in [0, 0.1) is 6.92 Å². The van der Waals surface area contributed by atoms with Crippen molar-refractivity contribution >= 4 is 17.5 Å². The zero-order chi connectivity index (χ0) is 15.6. The van der Waals surface area contributed by atoms with Crippen molar-refractivity contribution in [2.24, 2.45) is 0 Å². The number of hydrogen-bond acceptors (Lipinski definition) is 5. The second-order valence-corrected chi connectivity index (χ2v) is 4.36. The minimum atomic E-state index is -1.37. The molecule has 8 nitrogen and oxygen atoms in total. The molecule has 1 unspecified atom stereocenters. The monoisotopic (exact) mass is 293 g/mol. The zero-order valence-corrected chi connectivity index (χ0v) is 11.5. The molecule has 3 N–H and O–H groups in total. The number of aliphatic hydroxyl groups is 1. The standard InChI is InChI=1S/C13H15N3O5/c1-7-10(12(18)15-8(6-17)13(19)20)16-5-3-4-9(21-2)11(16)14-7/h3-5,8,17H,6H2,1-2H3,(H,15,18)(H,19,20). The molecule has 0 spiro atoms. The zero-order valence-electron chi connectivity index (χ0n) is 11.5. The second-order valence-electron chi connectivity index (χ2n) is 4.36. The van der Waals surface area contributed by atoms with E-state index in [1.165, 1.54) is 11.5 Å². The van der Waals surface area contributed by atoms with Gasteiger partial charge in [0.05, 0.1) is 19.4 Å². The lowest BCUT2D eigenvalue weighted by Crippen LogP contribution is -2.43. The summed E-state index contributed by atoms with van der Waals surface area (Å²) in [6.07, 6.45) is 1.63. The van der Waals surface area contributed by atoms with Gasteiger partial charge in [0, 0.05) is 6.20 Å². The van der Waals surface area contributed by atoms with Gasteiger partial charge in [-0.25, -0.2) is 9.78 Å². The maximum Gasteiger partial charge on any atom is 0.328 e. The summed E-state index contributed by atoms with van der Waals surface area (Å²) in [5.74, 6) is -1.44. The van der Waals surface area contributed by atoms with E-state index < -0.39 is 24.5 Å². The number of carboxylic acid groups (broad SMARTS) is 1. The Hall–Kier alpha value is -2.61. The number of nitrogens with zero attached hydrogens (tertiary/aromatic N) is 2. The fourth-order valence-corrected chi connectivity index (χ4v) is 2.00. The lowest BCUT2D eigenvalue weighted by molar-refractivity contribution is -0.140. The van der Waals surface area contributed by atoms with Crippen molar-refractivity contribution in [3.8, 4) is 5.75 Å². The van der Waals surface area contributed by atoms with Crippen LogP contribution in [-0.2, 0) is 4.79 Å². The van der Waals surface area contributed by atoms with Gasteiger partial charge in [0.25, 0.3) is 5.91 Å². The number of methoxy groups -OCH3 is 1. The van der Waals surface area contributed by atoms with Crippen molar-refractivity contribution in [1.29, 1.82) is 0 Å². The van der Waals surface area contributed by atoms with E-state index in [-0.39, 0.29) is 5.69 Å². The number of amides is 1. The summed E-state index contributed by atoms with van der Waals surface area (Å²) in [7, 11) is 1.49. The van der Waals surface area contributed by atoms with Gasteiger partial charge in [0.1, 0.15) is 5.69 Å². The number of ether oxygens (including phenoxy) is 1. The first-order chi connectivity index (χ1) is 9.99. The molecule has 8 heteroatoms. The summed E-state index contributed by atoms with van der Waals surface area (Å²) in [4.78, 5) is 27.3. The van der Waals surface area contributed by atoms with Crippen LogP contribution < -0.4 is 10.1 Å². The molecular formula is C13H15N3O5. The van der Waals surface area contributed by atoms with Crippen LogP contribution in [0.15, 0.2) is 18.3 Å². The molecule has 2 rings (SSSR count). The van der Waals surface area contributed by atoms with Crippen molar-refractivity contribution < 1.29 is 24.5 Å². The molecule has 0 aliphatic heterocycles. The normalized spacial score (nSPS) is 12.1. The number of carbonyl (C=O) groups is 2. The predicted octanol–water partition coefficient (Wildman–Crippen LogP) is -0.173. The maximum absolute atomic E-state index is 12.2. The summed E-state index contributed by atoms with van der Waals surface area (Å²) >= 11 is 0. The van der Waals surface area contributed by atoms with Crippen molar-refractivity contribution in [1.82, 2.24) is 14.7 Å². The second kappa shape index (κ2) is 5.80. The molecule has 0 saturated heterocycles. The number of hydrogen-bond donors (Lipinski definition) is 3. The fraction of sp³-hybridized carbons (Fsp3) is 0.308. The maximum atomic E-state index is 12.2. The lowest BCUT2D eigenvalue weighted by Gasteiger charge is -2.12. The van der Waals surface area contributed by atoms with E-state index in [1.807, 2.05) is 0 Å². The van der Waals surface area contributed by atoms with E-state index in [0.717, 1.165) is 0 Å². The molecule has 112 valence electrons. The van der Waals surface area contributed by atoms with Crippen molar-refractivity contribution in [3.05, 3.63) is 29.7 Å². The van der Waals surface area contributed by atoms with Gasteiger partial charge in [0.15, 0.2) is 17.4 Å². The Bertz CT molecular complexity index is 694. The molecular weight excluding hydrogens is 278 g/mol. The molecule has 0 aromatic carbocycles. The average Bonchev–Trinajstić information content (AvgIpc) is 2.79. The molecule has 0 radical (unpaired) electrons. The molecule has 0 fully saturated rings.